The molecule has 1 aliphatic carbocycles. The molecule has 5 nitrogen and oxygen atoms in total. The zero-order chi connectivity index (χ0) is 10.3. The van der Waals surface area contributed by atoms with Crippen molar-refractivity contribution in [2.45, 2.75) is 18.4 Å². The Morgan fingerprint density at radius 1 is 1.47 bits per heavy atom. The second kappa shape index (κ2) is 2.93. The number of nitrogens with two attached hydrogens (primary N) is 1. The van der Waals surface area contributed by atoms with Gasteiger partial charge in [-0.3, -0.25) is 0 Å². The number of aromatic nitrogens is 3. The first-order chi connectivity index (χ1) is 7.33. The molecule has 3 N–H and O–H groups in total. The van der Waals surface area contributed by atoms with Gasteiger partial charge in [-0.25, -0.2) is 9.50 Å². The maximum atomic E-state index is 5.72. The van der Waals surface area contributed by atoms with E-state index in [0.717, 1.165) is 24.2 Å². The normalized spacial score (nSPS) is 17.9. The van der Waals surface area contributed by atoms with Crippen molar-refractivity contribution in [1.29, 1.82) is 0 Å². The van der Waals surface area contributed by atoms with Gasteiger partial charge in [-0.05, 0) is 18.9 Å². The molecule has 0 aliphatic heterocycles. The van der Waals surface area contributed by atoms with E-state index < -0.39 is 0 Å². The third-order valence-corrected chi connectivity index (χ3v) is 2.95. The zero-order valence-electron chi connectivity index (χ0n) is 8.35. The van der Waals surface area contributed by atoms with E-state index in [4.69, 9.17) is 5.73 Å². The Bertz CT molecular complexity index is 485. The highest BCUT2D eigenvalue weighted by Crippen LogP contribution is 2.37. The van der Waals surface area contributed by atoms with Crippen molar-refractivity contribution in [1.82, 2.24) is 14.6 Å². The number of rotatable bonds is 3. The molecule has 1 aliphatic rings. The maximum absolute atomic E-state index is 5.72. The third kappa shape index (κ3) is 1.35. The van der Waals surface area contributed by atoms with Crippen LogP contribution in [-0.4, -0.2) is 26.7 Å². The zero-order valence-corrected chi connectivity index (χ0v) is 8.35. The van der Waals surface area contributed by atoms with Crippen LogP contribution in [0.1, 0.15) is 12.8 Å². The van der Waals surface area contributed by atoms with Crippen LogP contribution in [0.2, 0.25) is 0 Å². The molecule has 2 heterocycles. The van der Waals surface area contributed by atoms with Crippen LogP contribution in [0.3, 0.4) is 0 Å². The number of anilines is 1. The lowest BCUT2D eigenvalue weighted by Gasteiger charge is -2.15. The van der Waals surface area contributed by atoms with Gasteiger partial charge in [0.1, 0.15) is 5.52 Å². The average Bonchev–Trinajstić information content (AvgIpc) is 2.87. The highest BCUT2D eigenvalue weighted by molar-refractivity contribution is 5.68. The number of nitrogens with one attached hydrogen (secondary N) is 1. The molecule has 5 heteroatoms. The van der Waals surface area contributed by atoms with Crippen LogP contribution >= 0.6 is 0 Å². The Kier molecular flexibility index (Phi) is 1.70. The fourth-order valence-corrected chi connectivity index (χ4v) is 1.74. The van der Waals surface area contributed by atoms with E-state index in [2.05, 4.69) is 15.4 Å². The van der Waals surface area contributed by atoms with Gasteiger partial charge in [0.2, 0.25) is 0 Å². The van der Waals surface area contributed by atoms with Crippen molar-refractivity contribution in [3.8, 4) is 0 Å². The van der Waals surface area contributed by atoms with Crippen molar-refractivity contribution in [3.05, 3.63) is 24.7 Å². The van der Waals surface area contributed by atoms with Crippen LogP contribution in [0.4, 0.5) is 5.82 Å². The number of fused-ring (bicyclic) bond motifs is 1. The van der Waals surface area contributed by atoms with Crippen LogP contribution in [0.5, 0.6) is 0 Å². The van der Waals surface area contributed by atoms with Crippen molar-refractivity contribution in [2.75, 3.05) is 11.9 Å². The molecular weight excluding hydrogens is 190 g/mol. The van der Waals surface area contributed by atoms with E-state index in [-0.39, 0.29) is 5.54 Å². The number of nitrogens with zero attached hydrogens (tertiary/aromatic N) is 3. The minimum absolute atomic E-state index is 0.0825. The summed E-state index contributed by atoms with van der Waals surface area (Å²) >= 11 is 0. The summed E-state index contributed by atoms with van der Waals surface area (Å²) in [6.45, 7) is 0.657. The van der Waals surface area contributed by atoms with Crippen LogP contribution in [0.15, 0.2) is 24.7 Å². The van der Waals surface area contributed by atoms with Gasteiger partial charge < -0.3 is 11.1 Å². The Labute approximate surface area is 87.3 Å². The topological polar surface area (TPSA) is 68.2 Å². The van der Waals surface area contributed by atoms with Gasteiger partial charge in [0.25, 0.3) is 0 Å². The predicted molar refractivity (Wildman–Crippen MR) is 57.6 cm³/mol. The molecular formula is C10H13N5. The van der Waals surface area contributed by atoms with Crippen molar-refractivity contribution in [3.63, 3.8) is 0 Å². The SMILES string of the molecule is NCC1(Nc2nccn3nccc23)CC1. The molecule has 0 atom stereocenters. The third-order valence-electron chi connectivity index (χ3n) is 2.95. The van der Waals surface area contributed by atoms with Gasteiger partial charge in [0.05, 0.1) is 11.7 Å². The lowest BCUT2D eigenvalue weighted by atomic mass is 10.2. The highest BCUT2D eigenvalue weighted by atomic mass is 15.2. The predicted octanol–water partition coefficient (Wildman–Crippen LogP) is 0.632. The molecule has 3 rings (SSSR count). The minimum atomic E-state index is 0.0825. The quantitative estimate of drug-likeness (QED) is 0.767. The number of hydrogen-bond acceptors (Lipinski definition) is 4. The second-order valence-electron chi connectivity index (χ2n) is 4.05. The molecule has 0 bridgehead atoms. The molecule has 2 aromatic rings. The summed E-state index contributed by atoms with van der Waals surface area (Å²) in [6, 6.07) is 1.95. The van der Waals surface area contributed by atoms with Crippen molar-refractivity contribution < 1.29 is 0 Å². The fourth-order valence-electron chi connectivity index (χ4n) is 1.74. The van der Waals surface area contributed by atoms with Gasteiger partial charge in [0, 0.05) is 18.9 Å². The second-order valence-corrected chi connectivity index (χ2v) is 4.05. The van der Waals surface area contributed by atoms with E-state index in [1.165, 1.54) is 0 Å². The molecule has 1 fully saturated rings. The number of hydrogen-bond donors (Lipinski definition) is 2. The van der Waals surface area contributed by atoms with Crippen LogP contribution in [-0.2, 0) is 0 Å². The van der Waals surface area contributed by atoms with E-state index in [9.17, 15) is 0 Å². The molecule has 0 radical (unpaired) electrons. The largest absolute Gasteiger partial charge is 0.362 e. The van der Waals surface area contributed by atoms with E-state index in [1.807, 2.05) is 16.8 Å². The monoisotopic (exact) mass is 203 g/mol. The first-order valence-electron chi connectivity index (χ1n) is 5.10. The fraction of sp³-hybridized carbons (Fsp3) is 0.400. The first kappa shape index (κ1) is 8.67. The van der Waals surface area contributed by atoms with Crippen LogP contribution in [0.25, 0.3) is 5.52 Å². The van der Waals surface area contributed by atoms with Gasteiger partial charge in [-0.15, -0.1) is 0 Å². The van der Waals surface area contributed by atoms with Gasteiger partial charge in [0.15, 0.2) is 5.82 Å². The van der Waals surface area contributed by atoms with Gasteiger partial charge >= 0.3 is 0 Å². The lowest BCUT2D eigenvalue weighted by molar-refractivity contribution is 0.736. The van der Waals surface area contributed by atoms with Crippen LogP contribution in [0, 0.1) is 0 Å². The van der Waals surface area contributed by atoms with Gasteiger partial charge in [-0.2, -0.15) is 5.10 Å². The van der Waals surface area contributed by atoms with Gasteiger partial charge in [-0.1, -0.05) is 0 Å². The summed E-state index contributed by atoms with van der Waals surface area (Å²) in [4.78, 5) is 4.32. The summed E-state index contributed by atoms with van der Waals surface area (Å²) in [5, 5.41) is 7.57. The summed E-state index contributed by atoms with van der Waals surface area (Å²) in [5.74, 6) is 0.873. The molecule has 1 saturated carbocycles. The van der Waals surface area contributed by atoms with Crippen molar-refractivity contribution >= 4 is 11.3 Å². The Morgan fingerprint density at radius 2 is 2.33 bits per heavy atom. The molecule has 2 aromatic heterocycles. The molecule has 78 valence electrons. The minimum Gasteiger partial charge on any atom is -0.362 e. The molecule has 0 aromatic carbocycles. The summed E-state index contributed by atoms with van der Waals surface area (Å²) in [5.41, 5.74) is 6.80. The maximum Gasteiger partial charge on any atom is 0.152 e. The molecule has 0 amide bonds. The first-order valence-corrected chi connectivity index (χ1v) is 5.10. The standard InChI is InChI=1S/C10H13N5/c11-7-10(2-3-10)14-9-8-1-4-13-15(8)6-5-12-9/h1,4-6H,2-3,7,11H2,(H,12,14). The molecule has 0 saturated heterocycles. The highest BCUT2D eigenvalue weighted by Gasteiger charge is 2.41. The summed E-state index contributed by atoms with van der Waals surface area (Å²) in [7, 11) is 0. The van der Waals surface area contributed by atoms with E-state index in [0.29, 0.717) is 6.54 Å². The van der Waals surface area contributed by atoms with E-state index >= 15 is 0 Å². The molecule has 0 spiro atoms. The van der Waals surface area contributed by atoms with Crippen molar-refractivity contribution in [2.24, 2.45) is 5.73 Å². The summed E-state index contributed by atoms with van der Waals surface area (Å²) in [6.07, 6.45) is 7.60. The van der Waals surface area contributed by atoms with Crippen LogP contribution < -0.4 is 11.1 Å². The Hall–Kier alpha value is -1.62. The Balaban J connectivity index is 2.00. The summed E-state index contributed by atoms with van der Waals surface area (Å²) < 4.78 is 1.81. The lowest BCUT2D eigenvalue weighted by Crippen LogP contribution is -2.31. The van der Waals surface area contributed by atoms with E-state index in [1.54, 1.807) is 12.4 Å². The Morgan fingerprint density at radius 3 is 3.07 bits per heavy atom. The molecule has 0 unspecified atom stereocenters. The smallest absolute Gasteiger partial charge is 0.152 e. The average molecular weight is 203 g/mol. The molecule has 15 heavy (non-hydrogen) atoms.